The smallest absolute Gasteiger partial charge is 0.229 e. The summed E-state index contributed by atoms with van der Waals surface area (Å²) >= 11 is 4.97. The van der Waals surface area contributed by atoms with Crippen molar-refractivity contribution in [2.45, 2.75) is 33.1 Å². The number of carbonyl (C=O) groups excluding carboxylic acids is 1. The number of carbonyl (C=O) groups is 1. The van der Waals surface area contributed by atoms with Crippen LogP contribution in [0.4, 0.5) is 5.82 Å². The van der Waals surface area contributed by atoms with Crippen LogP contribution < -0.4 is 11.1 Å². The van der Waals surface area contributed by atoms with Crippen LogP contribution in [-0.4, -0.2) is 20.7 Å². The molecule has 0 aromatic carbocycles. The highest BCUT2D eigenvalue weighted by Crippen LogP contribution is 2.43. The Balaban J connectivity index is 2.20. The van der Waals surface area contributed by atoms with Crippen molar-refractivity contribution in [3.8, 4) is 0 Å². The summed E-state index contributed by atoms with van der Waals surface area (Å²) in [6.45, 7) is 4.28. The number of rotatable bonds is 3. The Hall–Kier alpha value is -1.43. The number of anilines is 1. The molecule has 2 rings (SSSR count). The van der Waals surface area contributed by atoms with Gasteiger partial charge in [0.05, 0.1) is 11.8 Å². The molecule has 3 N–H and O–H groups in total. The molecule has 1 aromatic rings. The number of nitrogens with zero attached hydrogens (tertiary/aromatic N) is 2. The number of amides is 1. The summed E-state index contributed by atoms with van der Waals surface area (Å²) in [6, 6.07) is 0. The maximum Gasteiger partial charge on any atom is 0.229 e. The second-order valence-electron chi connectivity index (χ2n) is 5.82. The summed E-state index contributed by atoms with van der Waals surface area (Å²) in [5.41, 5.74) is 6.30. The van der Waals surface area contributed by atoms with Crippen LogP contribution in [0.25, 0.3) is 0 Å². The Morgan fingerprint density at radius 2 is 2.32 bits per heavy atom. The molecule has 1 saturated carbocycles. The summed E-state index contributed by atoms with van der Waals surface area (Å²) < 4.78 is 1.59. The normalized spacial score (nSPS) is 21.3. The number of thiocarbonyl (C=S) groups is 1. The predicted molar refractivity (Wildman–Crippen MR) is 78.8 cm³/mol. The lowest BCUT2D eigenvalue weighted by Gasteiger charge is -2.26. The first-order chi connectivity index (χ1) is 8.83. The molecule has 1 heterocycles. The molecule has 0 radical (unpaired) electrons. The third-order valence-corrected chi connectivity index (χ3v) is 4.24. The molecule has 1 aromatic heterocycles. The van der Waals surface area contributed by atoms with Gasteiger partial charge in [-0.3, -0.25) is 9.48 Å². The van der Waals surface area contributed by atoms with E-state index >= 15 is 0 Å². The quantitative estimate of drug-likeness (QED) is 0.828. The number of aryl methyl sites for hydroxylation is 1. The first-order valence-corrected chi connectivity index (χ1v) is 6.86. The van der Waals surface area contributed by atoms with Gasteiger partial charge in [-0.25, -0.2) is 0 Å². The topological polar surface area (TPSA) is 72.9 Å². The number of hydrogen-bond donors (Lipinski definition) is 2. The molecule has 0 bridgehead atoms. The SMILES string of the molecule is Cn1ncc(C(N)=S)c1NC(=O)C1CCCC1(C)C. The fourth-order valence-corrected chi connectivity index (χ4v) is 2.93. The van der Waals surface area contributed by atoms with Crippen LogP contribution in [0.5, 0.6) is 0 Å². The van der Waals surface area contributed by atoms with Gasteiger partial charge < -0.3 is 11.1 Å². The van der Waals surface area contributed by atoms with Crippen molar-refractivity contribution in [3.05, 3.63) is 11.8 Å². The van der Waals surface area contributed by atoms with Crippen molar-refractivity contribution in [1.29, 1.82) is 0 Å². The molecule has 19 heavy (non-hydrogen) atoms. The number of nitrogens with two attached hydrogens (primary N) is 1. The van der Waals surface area contributed by atoms with E-state index in [0.717, 1.165) is 19.3 Å². The van der Waals surface area contributed by atoms with Gasteiger partial charge in [-0.1, -0.05) is 32.5 Å². The zero-order valence-electron chi connectivity index (χ0n) is 11.6. The van der Waals surface area contributed by atoms with E-state index in [1.807, 2.05) is 0 Å². The predicted octanol–water partition coefficient (Wildman–Crippen LogP) is 1.82. The van der Waals surface area contributed by atoms with E-state index in [1.54, 1.807) is 17.9 Å². The molecular weight excluding hydrogens is 260 g/mol. The maximum absolute atomic E-state index is 12.4. The van der Waals surface area contributed by atoms with E-state index in [0.29, 0.717) is 11.4 Å². The van der Waals surface area contributed by atoms with Gasteiger partial charge in [0.1, 0.15) is 10.8 Å². The van der Waals surface area contributed by atoms with Crippen molar-refractivity contribution >= 4 is 28.9 Å². The minimum atomic E-state index is 0.0293. The van der Waals surface area contributed by atoms with Gasteiger partial charge in [0, 0.05) is 13.0 Å². The molecule has 1 atom stereocenters. The average Bonchev–Trinajstić information content (AvgIpc) is 2.82. The van der Waals surface area contributed by atoms with Crippen molar-refractivity contribution in [2.24, 2.45) is 24.1 Å². The van der Waals surface area contributed by atoms with E-state index in [9.17, 15) is 4.79 Å². The first kappa shape index (κ1) is 14.0. The second kappa shape index (κ2) is 4.92. The van der Waals surface area contributed by atoms with Gasteiger partial charge in [0.15, 0.2) is 0 Å². The fourth-order valence-electron chi connectivity index (χ4n) is 2.78. The van der Waals surface area contributed by atoms with Gasteiger partial charge in [0.2, 0.25) is 5.91 Å². The molecule has 1 fully saturated rings. The molecule has 0 saturated heterocycles. The highest BCUT2D eigenvalue weighted by atomic mass is 32.1. The minimum absolute atomic E-state index is 0.0293. The molecule has 104 valence electrons. The summed E-state index contributed by atoms with van der Waals surface area (Å²) in [6.07, 6.45) is 4.69. The third kappa shape index (κ3) is 2.63. The second-order valence-corrected chi connectivity index (χ2v) is 6.26. The van der Waals surface area contributed by atoms with Gasteiger partial charge >= 0.3 is 0 Å². The molecule has 1 unspecified atom stereocenters. The van der Waals surface area contributed by atoms with Gasteiger partial charge in [0.25, 0.3) is 0 Å². The maximum atomic E-state index is 12.4. The van der Waals surface area contributed by atoms with E-state index in [2.05, 4.69) is 24.3 Å². The van der Waals surface area contributed by atoms with E-state index < -0.39 is 0 Å². The number of hydrogen-bond acceptors (Lipinski definition) is 3. The van der Waals surface area contributed by atoms with Crippen LogP contribution in [-0.2, 0) is 11.8 Å². The molecule has 5 nitrogen and oxygen atoms in total. The Morgan fingerprint density at radius 1 is 1.63 bits per heavy atom. The molecular formula is C13H20N4OS. The average molecular weight is 280 g/mol. The summed E-state index contributed by atoms with van der Waals surface area (Å²) in [5.74, 6) is 0.644. The third-order valence-electron chi connectivity index (χ3n) is 4.02. The van der Waals surface area contributed by atoms with Crippen LogP contribution >= 0.6 is 12.2 Å². The first-order valence-electron chi connectivity index (χ1n) is 6.45. The number of aromatic nitrogens is 2. The summed E-state index contributed by atoms with van der Waals surface area (Å²) in [5, 5.41) is 7.02. The molecule has 0 spiro atoms. The van der Waals surface area contributed by atoms with Crippen molar-refractivity contribution in [2.75, 3.05) is 5.32 Å². The van der Waals surface area contributed by atoms with Crippen LogP contribution in [0, 0.1) is 11.3 Å². The van der Waals surface area contributed by atoms with Crippen LogP contribution in [0.3, 0.4) is 0 Å². The number of nitrogens with one attached hydrogen (secondary N) is 1. The lowest BCUT2D eigenvalue weighted by atomic mass is 9.81. The molecule has 1 aliphatic carbocycles. The lowest BCUT2D eigenvalue weighted by molar-refractivity contribution is -0.122. The van der Waals surface area contributed by atoms with Gasteiger partial charge in [-0.15, -0.1) is 0 Å². The van der Waals surface area contributed by atoms with Crippen LogP contribution in [0.1, 0.15) is 38.7 Å². The van der Waals surface area contributed by atoms with Gasteiger partial charge in [-0.05, 0) is 18.3 Å². The monoisotopic (exact) mass is 280 g/mol. The van der Waals surface area contributed by atoms with Crippen molar-refractivity contribution < 1.29 is 4.79 Å². The van der Waals surface area contributed by atoms with Gasteiger partial charge in [-0.2, -0.15) is 5.10 Å². The molecule has 0 aliphatic heterocycles. The Kier molecular flexibility index (Phi) is 3.62. The zero-order valence-corrected chi connectivity index (χ0v) is 12.4. The highest BCUT2D eigenvalue weighted by Gasteiger charge is 2.39. The Bertz CT molecular complexity index is 521. The standard InChI is InChI=1S/C13H20N4OS/c1-13(2)6-4-5-9(13)12(18)16-11-8(10(14)19)7-15-17(11)3/h7,9H,4-6H2,1-3H3,(H2,14,19)(H,16,18). The van der Waals surface area contributed by atoms with Crippen molar-refractivity contribution in [3.63, 3.8) is 0 Å². The highest BCUT2D eigenvalue weighted by molar-refractivity contribution is 7.80. The minimum Gasteiger partial charge on any atom is -0.389 e. The molecule has 1 amide bonds. The summed E-state index contributed by atoms with van der Waals surface area (Å²) in [4.78, 5) is 12.7. The Labute approximate surface area is 118 Å². The molecule has 6 heteroatoms. The Morgan fingerprint density at radius 3 is 2.84 bits per heavy atom. The van der Waals surface area contributed by atoms with E-state index in [-0.39, 0.29) is 22.2 Å². The zero-order chi connectivity index (χ0) is 14.2. The lowest BCUT2D eigenvalue weighted by Crippen LogP contribution is -2.32. The van der Waals surface area contributed by atoms with Crippen LogP contribution in [0.15, 0.2) is 6.20 Å². The fraction of sp³-hybridized carbons (Fsp3) is 0.615. The summed E-state index contributed by atoms with van der Waals surface area (Å²) in [7, 11) is 1.76. The van der Waals surface area contributed by atoms with Crippen molar-refractivity contribution in [1.82, 2.24) is 9.78 Å². The van der Waals surface area contributed by atoms with Crippen LogP contribution in [0.2, 0.25) is 0 Å². The van der Waals surface area contributed by atoms with E-state index in [1.165, 1.54) is 0 Å². The molecule has 1 aliphatic rings. The van der Waals surface area contributed by atoms with E-state index in [4.69, 9.17) is 18.0 Å². The largest absolute Gasteiger partial charge is 0.389 e.